The number of hydrogen-bond acceptors (Lipinski definition) is 7. The van der Waals surface area contributed by atoms with Gasteiger partial charge in [-0.1, -0.05) is 13.8 Å². The summed E-state index contributed by atoms with van der Waals surface area (Å²) in [6, 6.07) is 0.575. The van der Waals surface area contributed by atoms with Crippen LogP contribution in [0.3, 0.4) is 0 Å². The summed E-state index contributed by atoms with van der Waals surface area (Å²) in [6.07, 6.45) is 0.434. The fourth-order valence-electron chi connectivity index (χ4n) is 2.48. The molecule has 2 atom stereocenters. The fraction of sp³-hybridized carbons (Fsp3) is 0.952. The van der Waals surface area contributed by atoms with Crippen molar-refractivity contribution < 1.29 is 32.9 Å². The van der Waals surface area contributed by atoms with Gasteiger partial charge in [0.15, 0.2) is 0 Å². The van der Waals surface area contributed by atoms with Gasteiger partial charge in [-0.3, -0.25) is 4.79 Å². The molecule has 8 nitrogen and oxygen atoms in total. The topological polar surface area (TPSA) is 87.3 Å². The van der Waals surface area contributed by atoms with E-state index in [4.69, 9.17) is 23.7 Å². The van der Waals surface area contributed by atoms with Crippen molar-refractivity contribution in [1.29, 1.82) is 0 Å². The van der Waals surface area contributed by atoms with Crippen molar-refractivity contribution in [2.45, 2.75) is 58.9 Å². The largest absolute Gasteiger partial charge is 0.378 e. The highest BCUT2D eigenvalue weighted by Gasteiger charge is 2.16. The Balaban J connectivity index is 3.25. The van der Waals surface area contributed by atoms with E-state index < -0.39 is 12.3 Å². The lowest BCUT2D eigenvalue weighted by Gasteiger charge is -2.17. The van der Waals surface area contributed by atoms with Crippen LogP contribution in [-0.4, -0.2) is 96.8 Å². The second kappa shape index (κ2) is 21.4. The minimum atomic E-state index is -1.24. The number of rotatable bonds is 22. The molecular weight excluding hydrogens is 395 g/mol. The quantitative estimate of drug-likeness (QED) is 0.249. The van der Waals surface area contributed by atoms with E-state index in [1.165, 1.54) is 6.92 Å². The zero-order chi connectivity index (χ0) is 22.5. The molecular formula is C21H43FN2O6. The van der Waals surface area contributed by atoms with Crippen LogP contribution in [0.4, 0.5) is 4.39 Å². The van der Waals surface area contributed by atoms with Gasteiger partial charge in [0.2, 0.25) is 5.91 Å². The first-order valence-corrected chi connectivity index (χ1v) is 11.1. The Morgan fingerprint density at radius 2 is 1.30 bits per heavy atom. The number of hydrogen-bond donors (Lipinski definition) is 2. The van der Waals surface area contributed by atoms with Gasteiger partial charge in [0.05, 0.1) is 72.1 Å². The third-order valence-corrected chi connectivity index (χ3v) is 4.44. The van der Waals surface area contributed by atoms with Crippen LogP contribution in [0.2, 0.25) is 0 Å². The van der Waals surface area contributed by atoms with E-state index in [2.05, 4.69) is 24.5 Å². The number of alkyl halides is 1. The van der Waals surface area contributed by atoms with Gasteiger partial charge in [-0.25, -0.2) is 4.39 Å². The Kier molecular flexibility index (Phi) is 20.8. The zero-order valence-corrected chi connectivity index (χ0v) is 19.3. The number of carbonyl (C=O) groups is 1. The highest BCUT2D eigenvalue weighted by molar-refractivity contribution is 5.72. The third-order valence-electron chi connectivity index (χ3n) is 4.44. The van der Waals surface area contributed by atoms with E-state index >= 15 is 0 Å². The van der Waals surface area contributed by atoms with Gasteiger partial charge in [0.25, 0.3) is 0 Å². The predicted molar refractivity (Wildman–Crippen MR) is 115 cm³/mol. The average Bonchev–Trinajstić information content (AvgIpc) is 2.74. The molecule has 0 saturated heterocycles. The molecule has 0 aliphatic carbocycles. The fourth-order valence-corrected chi connectivity index (χ4v) is 2.48. The lowest BCUT2D eigenvalue weighted by atomic mass is 10.2. The first kappa shape index (κ1) is 29.2. The van der Waals surface area contributed by atoms with Crippen molar-refractivity contribution in [3.63, 3.8) is 0 Å². The summed E-state index contributed by atoms with van der Waals surface area (Å²) < 4.78 is 40.7. The van der Waals surface area contributed by atoms with Crippen LogP contribution in [0.15, 0.2) is 0 Å². The minimum absolute atomic E-state index is 0.0467. The molecule has 0 radical (unpaired) electrons. The van der Waals surface area contributed by atoms with Gasteiger partial charge in [-0.2, -0.15) is 0 Å². The van der Waals surface area contributed by atoms with Crippen molar-refractivity contribution in [2.75, 3.05) is 72.6 Å². The standard InChI is InChI=1S/C21H43FN2O6/c1-5-20(6-2)23-7-8-26-9-10-27-11-12-28-13-14-29-15-16-30-18(3)21(22)17-24-19(4)25/h18,20-21,23H,5-17H2,1-4H3,(H,24,25). The van der Waals surface area contributed by atoms with Crippen LogP contribution in [0.5, 0.6) is 0 Å². The maximum atomic E-state index is 13.7. The SMILES string of the molecule is CCC(CC)NCCOCCOCCOCCOCCOC(C)C(F)CNC(C)=O. The molecule has 0 heterocycles. The molecule has 0 aromatic heterocycles. The summed E-state index contributed by atoms with van der Waals surface area (Å²) in [5, 5.41) is 5.87. The molecule has 0 fully saturated rings. The van der Waals surface area contributed by atoms with Crippen LogP contribution in [0.25, 0.3) is 0 Å². The molecule has 2 N–H and O–H groups in total. The smallest absolute Gasteiger partial charge is 0.216 e. The number of ether oxygens (including phenoxy) is 5. The van der Waals surface area contributed by atoms with Crippen LogP contribution < -0.4 is 10.6 Å². The molecule has 0 aliphatic heterocycles. The maximum Gasteiger partial charge on any atom is 0.216 e. The monoisotopic (exact) mass is 438 g/mol. The Morgan fingerprint density at radius 3 is 1.77 bits per heavy atom. The van der Waals surface area contributed by atoms with E-state index in [0.717, 1.165) is 19.4 Å². The first-order chi connectivity index (χ1) is 14.5. The maximum absolute atomic E-state index is 13.7. The molecule has 180 valence electrons. The van der Waals surface area contributed by atoms with Gasteiger partial charge in [0, 0.05) is 19.5 Å². The summed E-state index contributed by atoms with van der Waals surface area (Å²) in [7, 11) is 0. The number of halogens is 1. The molecule has 1 amide bonds. The van der Waals surface area contributed by atoms with Crippen LogP contribution in [-0.2, 0) is 28.5 Å². The van der Waals surface area contributed by atoms with Gasteiger partial charge in [-0.05, 0) is 19.8 Å². The van der Waals surface area contributed by atoms with Crippen molar-refractivity contribution in [3.8, 4) is 0 Å². The molecule has 2 unspecified atom stereocenters. The second-order valence-corrected chi connectivity index (χ2v) is 6.95. The molecule has 0 saturated carbocycles. The molecule has 0 aliphatic rings. The van der Waals surface area contributed by atoms with Crippen LogP contribution in [0.1, 0.15) is 40.5 Å². The van der Waals surface area contributed by atoms with Crippen molar-refractivity contribution in [1.82, 2.24) is 10.6 Å². The summed E-state index contributed by atoms with van der Waals surface area (Å²) in [6.45, 7) is 12.6. The summed E-state index contributed by atoms with van der Waals surface area (Å²) >= 11 is 0. The van der Waals surface area contributed by atoms with Gasteiger partial charge >= 0.3 is 0 Å². The Morgan fingerprint density at radius 1 is 0.833 bits per heavy atom. The normalized spacial score (nSPS) is 13.5. The van der Waals surface area contributed by atoms with E-state index in [1.807, 2.05) is 0 Å². The average molecular weight is 439 g/mol. The molecule has 9 heteroatoms. The lowest BCUT2D eigenvalue weighted by molar-refractivity contribution is -0.119. The van der Waals surface area contributed by atoms with E-state index in [9.17, 15) is 9.18 Å². The highest BCUT2D eigenvalue weighted by atomic mass is 19.1. The Labute approximate surface area is 181 Å². The van der Waals surface area contributed by atoms with Crippen LogP contribution >= 0.6 is 0 Å². The molecule has 30 heavy (non-hydrogen) atoms. The highest BCUT2D eigenvalue weighted by Crippen LogP contribution is 2.02. The van der Waals surface area contributed by atoms with E-state index in [0.29, 0.717) is 58.9 Å². The number of carbonyl (C=O) groups excluding carboxylic acids is 1. The van der Waals surface area contributed by atoms with Crippen molar-refractivity contribution >= 4 is 5.91 Å². The van der Waals surface area contributed by atoms with E-state index in [-0.39, 0.29) is 19.1 Å². The van der Waals surface area contributed by atoms with E-state index in [1.54, 1.807) is 6.92 Å². The van der Waals surface area contributed by atoms with Gasteiger partial charge in [0.1, 0.15) is 6.17 Å². The number of amides is 1. The zero-order valence-electron chi connectivity index (χ0n) is 19.3. The first-order valence-electron chi connectivity index (χ1n) is 11.1. The molecule has 0 rings (SSSR count). The Bertz CT molecular complexity index is 389. The lowest BCUT2D eigenvalue weighted by Crippen LogP contribution is -2.35. The molecule has 0 aromatic carbocycles. The Hall–Kier alpha value is -0.840. The molecule has 0 aromatic rings. The van der Waals surface area contributed by atoms with Crippen molar-refractivity contribution in [3.05, 3.63) is 0 Å². The third kappa shape index (κ3) is 19.1. The molecule has 0 bridgehead atoms. The predicted octanol–water partition coefficient (Wildman–Crippen LogP) is 1.71. The minimum Gasteiger partial charge on any atom is -0.378 e. The van der Waals surface area contributed by atoms with Gasteiger partial charge < -0.3 is 34.3 Å². The summed E-state index contributed by atoms with van der Waals surface area (Å²) in [4.78, 5) is 10.7. The summed E-state index contributed by atoms with van der Waals surface area (Å²) in [5.41, 5.74) is 0. The van der Waals surface area contributed by atoms with Crippen molar-refractivity contribution in [2.24, 2.45) is 0 Å². The van der Waals surface area contributed by atoms with Crippen LogP contribution in [0, 0.1) is 0 Å². The number of nitrogens with one attached hydrogen (secondary N) is 2. The summed E-state index contributed by atoms with van der Waals surface area (Å²) in [5.74, 6) is -0.257. The second-order valence-electron chi connectivity index (χ2n) is 6.95. The molecule has 0 spiro atoms. The van der Waals surface area contributed by atoms with Gasteiger partial charge in [-0.15, -0.1) is 0 Å².